The summed E-state index contributed by atoms with van der Waals surface area (Å²) < 4.78 is 5.40. The SMILES string of the molecule is CC(=O)c1nc(Sc2cccc(-c3ncco3)c2Cl)c(N)nc1N1CCC2(CC1)Cc1ncccc1[C@H]2N. The third kappa shape index (κ3) is 4.22. The number of carbonyl (C=O) groups is 1. The highest BCUT2D eigenvalue weighted by molar-refractivity contribution is 7.99. The summed E-state index contributed by atoms with van der Waals surface area (Å²) in [6.07, 6.45) is 7.48. The van der Waals surface area contributed by atoms with Crippen LogP contribution in [0, 0.1) is 5.41 Å². The maximum atomic E-state index is 12.7. The number of anilines is 2. The predicted octanol–water partition coefficient (Wildman–Crippen LogP) is 4.96. The van der Waals surface area contributed by atoms with Gasteiger partial charge in [-0.15, -0.1) is 0 Å². The van der Waals surface area contributed by atoms with Gasteiger partial charge in [0.1, 0.15) is 17.0 Å². The fourth-order valence-electron chi connectivity index (χ4n) is 5.48. The Morgan fingerprint density at radius 2 is 1.97 bits per heavy atom. The number of oxazole rings is 1. The first-order valence-electron chi connectivity index (χ1n) is 12.4. The molecule has 1 atom stereocenters. The van der Waals surface area contributed by atoms with Crippen LogP contribution in [0.1, 0.15) is 47.6 Å². The minimum Gasteiger partial charge on any atom is -0.444 e. The molecule has 0 unspecified atom stereocenters. The van der Waals surface area contributed by atoms with Crippen LogP contribution in [-0.4, -0.2) is 38.8 Å². The topological polar surface area (TPSA) is 137 Å². The number of ketones is 1. The zero-order valence-corrected chi connectivity index (χ0v) is 22.3. The van der Waals surface area contributed by atoms with Crippen LogP contribution in [0.4, 0.5) is 11.6 Å². The van der Waals surface area contributed by atoms with Gasteiger partial charge >= 0.3 is 0 Å². The van der Waals surface area contributed by atoms with Crippen LogP contribution >= 0.6 is 23.4 Å². The molecule has 1 aromatic carbocycles. The van der Waals surface area contributed by atoms with Crippen LogP contribution in [-0.2, 0) is 6.42 Å². The van der Waals surface area contributed by atoms with Gasteiger partial charge < -0.3 is 20.8 Å². The first kappa shape index (κ1) is 24.8. The minimum atomic E-state index is -0.177. The third-order valence-electron chi connectivity index (χ3n) is 7.54. The van der Waals surface area contributed by atoms with Crippen LogP contribution in [0.2, 0.25) is 5.02 Å². The Morgan fingerprint density at radius 1 is 1.16 bits per heavy atom. The van der Waals surface area contributed by atoms with Crippen molar-refractivity contribution in [1.29, 1.82) is 0 Å². The van der Waals surface area contributed by atoms with Crippen molar-refractivity contribution in [3.63, 3.8) is 0 Å². The number of benzene rings is 1. The number of nitrogen functional groups attached to an aromatic ring is 1. The number of carbonyl (C=O) groups excluding carboxylic acids is 1. The average molecular weight is 548 g/mol. The fraction of sp³-hybridized carbons (Fsp3) is 0.296. The molecule has 11 heteroatoms. The standard InChI is InChI=1S/C27H26ClN7O2S/c1-15(36)21-24(35-11-7-27(8-12-35)14-18-16(22(27)29)5-3-9-31-18)34-23(30)26(33-21)38-19-6-2-4-17(20(19)28)25-32-10-13-37-25/h2-6,9-10,13,22H,7-8,11-12,14,29H2,1H3,(H2,30,34)/t22-/m1/s1. The maximum Gasteiger partial charge on any atom is 0.227 e. The van der Waals surface area contributed by atoms with E-state index in [0.717, 1.165) is 30.5 Å². The molecule has 1 saturated heterocycles. The lowest BCUT2D eigenvalue weighted by Gasteiger charge is -2.42. The van der Waals surface area contributed by atoms with E-state index >= 15 is 0 Å². The van der Waals surface area contributed by atoms with Gasteiger partial charge in [-0.2, -0.15) is 0 Å². The number of Topliss-reactive ketones (excluding diaryl/α,β-unsaturated/α-hetero) is 1. The molecular formula is C27H26ClN7O2S. The van der Waals surface area contributed by atoms with Crippen LogP contribution in [0.3, 0.4) is 0 Å². The van der Waals surface area contributed by atoms with Gasteiger partial charge in [-0.05, 0) is 48.4 Å². The number of nitrogens with zero attached hydrogens (tertiary/aromatic N) is 5. The van der Waals surface area contributed by atoms with Gasteiger partial charge in [0, 0.05) is 42.8 Å². The van der Waals surface area contributed by atoms with Gasteiger partial charge in [0.05, 0.1) is 16.8 Å². The number of hydrogen-bond acceptors (Lipinski definition) is 10. The van der Waals surface area contributed by atoms with Gasteiger partial charge in [0.2, 0.25) is 5.89 Å². The fourth-order valence-corrected chi connectivity index (χ4v) is 6.64. The average Bonchev–Trinajstić information content (AvgIpc) is 3.54. The third-order valence-corrected chi connectivity index (χ3v) is 9.11. The van der Waals surface area contributed by atoms with Crippen molar-refractivity contribution >= 4 is 40.8 Å². The molecule has 3 aromatic heterocycles. The van der Waals surface area contributed by atoms with Crippen molar-refractivity contribution < 1.29 is 9.21 Å². The van der Waals surface area contributed by atoms with Crippen LogP contribution in [0.15, 0.2) is 63.3 Å². The van der Waals surface area contributed by atoms with Crippen LogP contribution < -0.4 is 16.4 Å². The summed E-state index contributed by atoms with van der Waals surface area (Å²) in [6.45, 7) is 2.90. The Kier molecular flexibility index (Phi) is 6.33. The quantitative estimate of drug-likeness (QED) is 0.330. The van der Waals surface area contributed by atoms with E-state index in [0.29, 0.717) is 51.0 Å². The summed E-state index contributed by atoms with van der Waals surface area (Å²) >= 11 is 7.92. The molecule has 1 aliphatic carbocycles. The Morgan fingerprint density at radius 3 is 2.68 bits per heavy atom. The highest BCUT2D eigenvalue weighted by atomic mass is 35.5. The Bertz CT molecular complexity index is 1520. The van der Waals surface area contributed by atoms with Crippen molar-refractivity contribution in [3.05, 3.63) is 71.0 Å². The smallest absolute Gasteiger partial charge is 0.227 e. The summed E-state index contributed by atoms with van der Waals surface area (Å²) in [5, 5.41) is 0.873. The molecule has 1 spiro atoms. The lowest BCUT2D eigenvalue weighted by atomic mass is 9.73. The molecule has 1 aliphatic heterocycles. The Balaban J connectivity index is 1.26. The van der Waals surface area contributed by atoms with Gasteiger partial charge in [-0.3, -0.25) is 9.78 Å². The number of fused-ring (bicyclic) bond motifs is 1. The molecule has 194 valence electrons. The first-order chi connectivity index (χ1) is 18.4. The van der Waals surface area contributed by atoms with Crippen molar-refractivity contribution in [2.75, 3.05) is 23.7 Å². The molecule has 38 heavy (non-hydrogen) atoms. The lowest BCUT2D eigenvalue weighted by molar-refractivity contribution is 0.101. The molecular weight excluding hydrogens is 522 g/mol. The van der Waals surface area contributed by atoms with E-state index in [1.165, 1.54) is 24.9 Å². The number of hydrogen-bond donors (Lipinski definition) is 2. The van der Waals surface area contributed by atoms with E-state index < -0.39 is 0 Å². The second kappa shape index (κ2) is 9.68. The van der Waals surface area contributed by atoms with E-state index in [-0.39, 0.29) is 23.1 Å². The molecule has 0 bridgehead atoms. The monoisotopic (exact) mass is 547 g/mol. The Hall–Kier alpha value is -3.47. The highest BCUT2D eigenvalue weighted by Crippen LogP contribution is 2.50. The van der Waals surface area contributed by atoms with Crippen molar-refractivity contribution in [1.82, 2.24) is 19.9 Å². The molecule has 9 nitrogen and oxygen atoms in total. The maximum absolute atomic E-state index is 12.7. The molecule has 2 aliphatic rings. The van der Waals surface area contributed by atoms with Crippen molar-refractivity contribution in [2.45, 2.75) is 42.1 Å². The summed E-state index contributed by atoms with van der Waals surface area (Å²) in [5.41, 5.74) is 16.2. The van der Waals surface area contributed by atoms with Gasteiger partial charge in [0.15, 0.2) is 17.4 Å². The zero-order chi connectivity index (χ0) is 26.4. The number of piperidine rings is 1. The molecule has 0 saturated carbocycles. The predicted molar refractivity (Wildman–Crippen MR) is 146 cm³/mol. The molecule has 4 aromatic rings. The summed E-state index contributed by atoms with van der Waals surface area (Å²) in [5.74, 6) is 0.988. The lowest BCUT2D eigenvalue weighted by Crippen LogP contribution is -2.45. The van der Waals surface area contributed by atoms with Crippen LogP contribution in [0.25, 0.3) is 11.5 Å². The van der Waals surface area contributed by atoms with E-state index in [9.17, 15) is 4.79 Å². The van der Waals surface area contributed by atoms with Gasteiger partial charge in [0.25, 0.3) is 0 Å². The number of rotatable bonds is 5. The first-order valence-corrected chi connectivity index (χ1v) is 13.5. The van der Waals surface area contributed by atoms with Crippen molar-refractivity contribution in [3.8, 4) is 11.5 Å². The molecule has 4 N–H and O–H groups in total. The summed E-state index contributed by atoms with van der Waals surface area (Å²) in [7, 11) is 0. The van der Waals surface area contributed by atoms with Gasteiger partial charge in [-0.25, -0.2) is 15.0 Å². The largest absolute Gasteiger partial charge is 0.444 e. The van der Waals surface area contributed by atoms with Crippen molar-refractivity contribution in [2.24, 2.45) is 11.1 Å². The normalized spacial score (nSPS) is 18.1. The zero-order valence-electron chi connectivity index (χ0n) is 20.7. The van der Waals surface area contributed by atoms with Gasteiger partial charge in [-0.1, -0.05) is 35.5 Å². The number of pyridine rings is 1. The van der Waals surface area contributed by atoms with E-state index in [1.807, 2.05) is 30.5 Å². The number of nitrogens with two attached hydrogens (primary N) is 2. The molecule has 4 heterocycles. The number of halogens is 1. The molecule has 6 rings (SSSR count). The van der Waals surface area contributed by atoms with E-state index in [4.69, 9.17) is 27.5 Å². The molecule has 0 amide bonds. The number of aromatic nitrogens is 4. The summed E-state index contributed by atoms with van der Waals surface area (Å²) in [4.78, 5) is 33.6. The molecule has 1 fully saturated rings. The molecule has 0 radical (unpaired) electrons. The summed E-state index contributed by atoms with van der Waals surface area (Å²) in [6, 6.07) is 9.50. The van der Waals surface area contributed by atoms with E-state index in [2.05, 4.69) is 30.9 Å². The second-order valence-corrected chi connectivity index (χ2v) is 11.2. The minimum absolute atomic E-state index is 0.0387. The Labute approximate surface area is 229 Å². The second-order valence-electron chi connectivity index (χ2n) is 9.74. The highest BCUT2D eigenvalue weighted by Gasteiger charge is 2.47. The van der Waals surface area contributed by atoms with E-state index in [1.54, 1.807) is 6.20 Å². The van der Waals surface area contributed by atoms with Crippen LogP contribution in [0.5, 0.6) is 0 Å².